The van der Waals surface area contributed by atoms with Crippen LogP contribution in [0.15, 0.2) is 48.5 Å². The highest BCUT2D eigenvalue weighted by Gasteiger charge is 2.51. The molecule has 20 heavy (non-hydrogen) atoms. The van der Waals surface area contributed by atoms with E-state index in [1.807, 2.05) is 30.3 Å². The Balaban J connectivity index is 1.85. The van der Waals surface area contributed by atoms with Crippen molar-refractivity contribution in [1.82, 2.24) is 0 Å². The number of amides is 1. The number of carbonyl (C=O) groups is 1. The van der Waals surface area contributed by atoms with Gasteiger partial charge in [0.05, 0.1) is 16.8 Å². The molecule has 102 valence electrons. The molecule has 0 spiro atoms. The first kappa shape index (κ1) is 13.0. The van der Waals surface area contributed by atoms with E-state index in [4.69, 9.17) is 17.3 Å². The van der Waals surface area contributed by atoms with E-state index in [1.54, 1.807) is 18.2 Å². The van der Waals surface area contributed by atoms with Gasteiger partial charge in [-0.3, -0.25) is 4.79 Å². The molecule has 0 aromatic heterocycles. The fourth-order valence-electron chi connectivity index (χ4n) is 2.41. The van der Waals surface area contributed by atoms with E-state index in [9.17, 15) is 4.79 Å². The van der Waals surface area contributed by atoms with Crippen molar-refractivity contribution < 1.29 is 4.79 Å². The molecular weight excluding hydrogens is 272 g/mol. The fraction of sp³-hybridized carbons (Fsp3) is 0.188. The van der Waals surface area contributed by atoms with Crippen molar-refractivity contribution in [1.29, 1.82) is 0 Å². The Kier molecular flexibility index (Phi) is 3.14. The third kappa shape index (κ3) is 2.25. The summed E-state index contributed by atoms with van der Waals surface area (Å²) in [7, 11) is 0. The number of nitrogens with one attached hydrogen (secondary N) is 1. The van der Waals surface area contributed by atoms with Gasteiger partial charge in [-0.25, -0.2) is 0 Å². The summed E-state index contributed by atoms with van der Waals surface area (Å²) in [6.45, 7) is 0. The Morgan fingerprint density at radius 2 is 1.85 bits per heavy atom. The van der Waals surface area contributed by atoms with Crippen LogP contribution >= 0.6 is 11.6 Å². The average molecular weight is 287 g/mol. The zero-order valence-corrected chi connectivity index (χ0v) is 11.7. The predicted octanol–water partition coefficient (Wildman–Crippen LogP) is 3.59. The van der Waals surface area contributed by atoms with Crippen LogP contribution in [0.2, 0.25) is 5.02 Å². The lowest BCUT2D eigenvalue weighted by Gasteiger charge is -2.16. The van der Waals surface area contributed by atoms with Gasteiger partial charge < -0.3 is 11.1 Å². The molecule has 1 aliphatic carbocycles. The summed E-state index contributed by atoms with van der Waals surface area (Å²) >= 11 is 5.94. The van der Waals surface area contributed by atoms with Gasteiger partial charge in [-0.05, 0) is 36.6 Å². The first-order valence-electron chi connectivity index (χ1n) is 6.54. The molecule has 0 heterocycles. The molecule has 3 rings (SSSR count). The smallest absolute Gasteiger partial charge is 0.235 e. The van der Waals surface area contributed by atoms with Crippen LogP contribution in [-0.2, 0) is 10.2 Å². The fourth-order valence-corrected chi connectivity index (χ4v) is 2.58. The van der Waals surface area contributed by atoms with Gasteiger partial charge in [-0.1, -0.05) is 41.9 Å². The zero-order chi connectivity index (χ0) is 14.2. The molecule has 4 heteroatoms. The molecule has 1 aliphatic rings. The number of hydrogen-bond acceptors (Lipinski definition) is 2. The summed E-state index contributed by atoms with van der Waals surface area (Å²) in [6.07, 6.45) is 1.73. The number of hydrogen-bond donors (Lipinski definition) is 2. The van der Waals surface area contributed by atoms with Crippen LogP contribution < -0.4 is 11.1 Å². The number of carbonyl (C=O) groups excluding carboxylic acids is 1. The molecule has 3 N–H and O–H groups in total. The van der Waals surface area contributed by atoms with Crippen LogP contribution in [0.5, 0.6) is 0 Å². The molecule has 0 atom stereocenters. The molecule has 1 saturated carbocycles. The van der Waals surface area contributed by atoms with Crippen LogP contribution in [0.3, 0.4) is 0 Å². The minimum atomic E-state index is -0.407. The van der Waals surface area contributed by atoms with E-state index in [1.165, 1.54) is 0 Å². The molecule has 2 aromatic carbocycles. The molecular formula is C16H15ClN2O. The maximum atomic E-state index is 12.6. The minimum absolute atomic E-state index is 0.0160. The number of nitrogen functional groups attached to an aromatic ring is 1. The first-order chi connectivity index (χ1) is 9.62. The van der Waals surface area contributed by atoms with Crippen LogP contribution in [0.25, 0.3) is 0 Å². The largest absolute Gasteiger partial charge is 0.397 e. The number of halogens is 1. The highest BCUT2D eigenvalue weighted by Crippen LogP contribution is 2.49. The van der Waals surface area contributed by atoms with Gasteiger partial charge in [-0.2, -0.15) is 0 Å². The van der Waals surface area contributed by atoms with Crippen molar-refractivity contribution in [2.75, 3.05) is 11.1 Å². The number of nitrogens with two attached hydrogens (primary N) is 1. The Bertz CT molecular complexity index is 651. The molecule has 0 saturated heterocycles. The quantitative estimate of drug-likeness (QED) is 0.847. The van der Waals surface area contributed by atoms with Crippen molar-refractivity contribution in [3.8, 4) is 0 Å². The molecule has 0 radical (unpaired) electrons. The van der Waals surface area contributed by atoms with Gasteiger partial charge in [0.25, 0.3) is 0 Å². The summed E-state index contributed by atoms with van der Waals surface area (Å²) in [5, 5.41) is 3.46. The lowest BCUT2D eigenvalue weighted by molar-refractivity contribution is -0.118. The van der Waals surface area contributed by atoms with E-state index in [0.717, 1.165) is 18.4 Å². The van der Waals surface area contributed by atoms with Gasteiger partial charge in [0, 0.05) is 5.02 Å². The van der Waals surface area contributed by atoms with Crippen molar-refractivity contribution >= 4 is 28.9 Å². The molecule has 0 unspecified atom stereocenters. The van der Waals surface area contributed by atoms with Crippen molar-refractivity contribution in [3.63, 3.8) is 0 Å². The van der Waals surface area contributed by atoms with Crippen LogP contribution in [0.1, 0.15) is 18.4 Å². The minimum Gasteiger partial charge on any atom is -0.397 e. The summed E-state index contributed by atoms with van der Waals surface area (Å²) in [6, 6.07) is 14.9. The van der Waals surface area contributed by atoms with E-state index in [0.29, 0.717) is 16.4 Å². The third-order valence-corrected chi connectivity index (χ3v) is 4.01. The third-order valence-electron chi connectivity index (χ3n) is 3.77. The second-order valence-electron chi connectivity index (χ2n) is 5.13. The van der Waals surface area contributed by atoms with Gasteiger partial charge in [0.2, 0.25) is 5.91 Å². The Morgan fingerprint density at radius 3 is 2.50 bits per heavy atom. The summed E-state index contributed by atoms with van der Waals surface area (Å²) in [5.41, 5.74) is 7.61. The molecule has 2 aromatic rings. The highest BCUT2D eigenvalue weighted by atomic mass is 35.5. The molecule has 3 nitrogen and oxygen atoms in total. The molecule has 0 bridgehead atoms. The van der Waals surface area contributed by atoms with Crippen LogP contribution in [-0.4, -0.2) is 5.91 Å². The number of rotatable bonds is 3. The molecule has 1 amide bonds. The normalized spacial score (nSPS) is 15.7. The lowest BCUT2D eigenvalue weighted by atomic mass is 9.95. The predicted molar refractivity (Wildman–Crippen MR) is 81.8 cm³/mol. The van der Waals surface area contributed by atoms with Gasteiger partial charge in [-0.15, -0.1) is 0 Å². The summed E-state index contributed by atoms with van der Waals surface area (Å²) in [4.78, 5) is 12.6. The molecule has 0 aliphatic heterocycles. The van der Waals surface area contributed by atoms with Crippen LogP contribution in [0.4, 0.5) is 11.4 Å². The van der Waals surface area contributed by atoms with Crippen molar-refractivity contribution in [3.05, 3.63) is 59.1 Å². The Morgan fingerprint density at radius 1 is 1.15 bits per heavy atom. The van der Waals surface area contributed by atoms with Crippen molar-refractivity contribution in [2.45, 2.75) is 18.3 Å². The first-order valence-corrected chi connectivity index (χ1v) is 6.92. The zero-order valence-electron chi connectivity index (χ0n) is 10.9. The SMILES string of the molecule is Nc1ccc(Cl)cc1NC(=O)C1(c2ccccc2)CC1. The monoisotopic (exact) mass is 286 g/mol. The Hall–Kier alpha value is -2.00. The average Bonchev–Trinajstić information content (AvgIpc) is 3.25. The van der Waals surface area contributed by atoms with Crippen LogP contribution in [0, 0.1) is 0 Å². The maximum Gasteiger partial charge on any atom is 0.235 e. The summed E-state index contributed by atoms with van der Waals surface area (Å²) < 4.78 is 0. The summed E-state index contributed by atoms with van der Waals surface area (Å²) in [5.74, 6) is -0.0160. The topological polar surface area (TPSA) is 55.1 Å². The van der Waals surface area contributed by atoms with E-state index < -0.39 is 5.41 Å². The maximum absolute atomic E-state index is 12.6. The standard InChI is InChI=1S/C16H15ClN2O/c17-12-6-7-13(18)14(10-12)19-15(20)16(8-9-16)11-4-2-1-3-5-11/h1-7,10H,8-9,18H2,(H,19,20). The molecule has 1 fully saturated rings. The van der Waals surface area contributed by atoms with Gasteiger partial charge in [0.15, 0.2) is 0 Å². The van der Waals surface area contributed by atoms with Gasteiger partial charge in [0.1, 0.15) is 0 Å². The van der Waals surface area contributed by atoms with E-state index in [-0.39, 0.29) is 5.91 Å². The van der Waals surface area contributed by atoms with Crippen molar-refractivity contribution in [2.24, 2.45) is 0 Å². The highest BCUT2D eigenvalue weighted by molar-refractivity contribution is 6.31. The lowest BCUT2D eigenvalue weighted by Crippen LogP contribution is -2.28. The second-order valence-corrected chi connectivity index (χ2v) is 5.57. The number of benzene rings is 2. The second kappa shape index (κ2) is 4.84. The Labute approximate surface area is 122 Å². The van der Waals surface area contributed by atoms with E-state index >= 15 is 0 Å². The van der Waals surface area contributed by atoms with E-state index in [2.05, 4.69) is 5.32 Å². The number of anilines is 2. The van der Waals surface area contributed by atoms with Gasteiger partial charge >= 0.3 is 0 Å².